The van der Waals surface area contributed by atoms with E-state index in [9.17, 15) is 4.39 Å². The molecule has 116 valence electrons. The lowest BCUT2D eigenvalue weighted by Crippen LogP contribution is -2.33. The second-order valence-corrected chi connectivity index (χ2v) is 5.33. The Kier molecular flexibility index (Phi) is 5.03. The maximum Gasteiger partial charge on any atom is 0.123 e. The third kappa shape index (κ3) is 4.29. The van der Waals surface area contributed by atoms with Gasteiger partial charge in [-0.15, -0.1) is 0 Å². The van der Waals surface area contributed by atoms with Crippen LogP contribution in [0, 0.1) is 5.82 Å². The van der Waals surface area contributed by atoms with Crippen LogP contribution in [0.4, 0.5) is 4.39 Å². The van der Waals surface area contributed by atoms with Gasteiger partial charge in [0, 0.05) is 0 Å². The van der Waals surface area contributed by atoms with Gasteiger partial charge in [0.2, 0.25) is 0 Å². The van der Waals surface area contributed by atoms with Gasteiger partial charge >= 0.3 is 0 Å². The van der Waals surface area contributed by atoms with Gasteiger partial charge in [-0.05, 0) is 41.8 Å². The molecule has 1 aliphatic rings. The number of hydrogen-bond donors (Lipinski definition) is 0. The van der Waals surface area contributed by atoms with E-state index >= 15 is 0 Å². The van der Waals surface area contributed by atoms with E-state index in [2.05, 4.69) is 0 Å². The minimum absolute atomic E-state index is 0.00708. The molecule has 0 radical (unpaired) electrons. The van der Waals surface area contributed by atoms with Crippen molar-refractivity contribution in [1.29, 1.82) is 0 Å². The molecule has 3 rings (SSSR count). The SMILES string of the molecule is Fc1ccc(Cc2ccc(OCC3COCCO3)cc2)cc1. The first-order valence-corrected chi connectivity index (χ1v) is 7.45. The van der Waals surface area contributed by atoms with Crippen LogP contribution in [0.2, 0.25) is 0 Å². The fourth-order valence-corrected chi connectivity index (χ4v) is 2.36. The Morgan fingerprint density at radius 2 is 1.64 bits per heavy atom. The summed E-state index contributed by atoms with van der Waals surface area (Å²) in [6.07, 6.45) is 0.785. The molecule has 0 aliphatic carbocycles. The number of benzene rings is 2. The highest BCUT2D eigenvalue weighted by molar-refractivity contribution is 5.31. The molecular formula is C18H19FO3. The lowest BCUT2D eigenvalue weighted by atomic mass is 10.1. The zero-order valence-corrected chi connectivity index (χ0v) is 12.3. The monoisotopic (exact) mass is 302 g/mol. The van der Waals surface area contributed by atoms with Crippen molar-refractivity contribution in [3.05, 3.63) is 65.5 Å². The van der Waals surface area contributed by atoms with Gasteiger partial charge in [-0.2, -0.15) is 0 Å². The van der Waals surface area contributed by atoms with E-state index in [-0.39, 0.29) is 11.9 Å². The summed E-state index contributed by atoms with van der Waals surface area (Å²) in [6, 6.07) is 14.5. The van der Waals surface area contributed by atoms with E-state index < -0.39 is 0 Å². The molecule has 22 heavy (non-hydrogen) atoms. The zero-order valence-electron chi connectivity index (χ0n) is 12.3. The van der Waals surface area contributed by atoms with Gasteiger partial charge in [0.05, 0.1) is 19.8 Å². The molecule has 1 fully saturated rings. The van der Waals surface area contributed by atoms with Gasteiger partial charge in [-0.25, -0.2) is 4.39 Å². The maximum absolute atomic E-state index is 12.9. The second kappa shape index (κ2) is 7.38. The number of rotatable bonds is 5. The molecule has 0 saturated carbocycles. The number of hydrogen-bond acceptors (Lipinski definition) is 3. The van der Waals surface area contributed by atoms with Crippen molar-refractivity contribution in [2.24, 2.45) is 0 Å². The Hall–Kier alpha value is -1.91. The van der Waals surface area contributed by atoms with E-state index in [0.29, 0.717) is 26.4 Å². The highest BCUT2D eigenvalue weighted by Gasteiger charge is 2.14. The molecule has 4 heteroatoms. The molecule has 1 atom stereocenters. The Morgan fingerprint density at radius 3 is 2.27 bits per heavy atom. The standard InChI is InChI=1S/C18H19FO3/c19-16-5-1-14(2-6-16)11-15-3-7-17(8-4-15)22-13-18-12-20-9-10-21-18/h1-8,18H,9-13H2. The van der Waals surface area contributed by atoms with E-state index in [0.717, 1.165) is 23.3 Å². The minimum Gasteiger partial charge on any atom is -0.491 e. The average molecular weight is 302 g/mol. The third-order valence-electron chi connectivity index (χ3n) is 3.57. The smallest absolute Gasteiger partial charge is 0.123 e. The Labute approximate surface area is 129 Å². The Balaban J connectivity index is 1.52. The average Bonchev–Trinajstić information content (AvgIpc) is 2.57. The number of ether oxygens (including phenoxy) is 3. The summed E-state index contributed by atoms with van der Waals surface area (Å²) >= 11 is 0. The summed E-state index contributed by atoms with van der Waals surface area (Å²) in [5.41, 5.74) is 2.25. The van der Waals surface area contributed by atoms with Crippen molar-refractivity contribution in [1.82, 2.24) is 0 Å². The summed E-state index contributed by atoms with van der Waals surface area (Å²) < 4.78 is 29.5. The van der Waals surface area contributed by atoms with Crippen molar-refractivity contribution in [3.63, 3.8) is 0 Å². The van der Waals surface area contributed by atoms with Crippen LogP contribution >= 0.6 is 0 Å². The molecule has 1 heterocycles. The van der Waals surface area contributed by atoms with Crippen molar-refractivity contribution >= 4 is 0 Å². The summed E-state index contributed by atoms with van der Waals surface area (Å²) in [5.74, 6) is 0.610. The normalized spacial score (nSPS) is 18.1. The molecule has 3 nitrogen and oxygen atoms in total. The van der Waals surface area contributed by atoms with Gasteiger partial charge in [0.25, 0.3) is 0 Å². The fourth-order valence-electron chi connectivity index (χ4n) is 2.36. The molecule has 0 bridgehead atoms. The van der Waals surface area contributed by atoms with Crippen LogP contribution in [0.25, 0.3) is 0 Å². The summed E-state index contributed by atoms with van der Waals surface area (Å²) in [6.45, 7) is 2.37. The molecule has 2 aromatic rings. The molecular weight excluding hydrogens is 283 g/mol. The van der Waals surface area contributed by atoms with Crippen LogP contribution in [0.3, 0.4) is 0 Å². The van der Waals surface area contributed by atoms with Gasteiger partial charge < -0.3 is 14.2 Å². The maximum atomic E-state index is 12.9. The van der Waals surface area contributed by atoms with Crippen LogP contribution in [0.15, 0.2) is 48.5 Å². The topological polar surface area (TPSA) is 27.7 Å². The first-order valence-electron chi connectivity index (χ1n) is 7.45. The molecule has 1 aliphatic heterocycles. The van der Waals surface area contributed by atoms with Crippen molar-refractivity contribution in [2.75, 3.05) is 26.4 Å². The van der Waals surface area contributed by atoms with Crippen molar-refractivity contribution in [3.8, 4) is 5.75 Å². The van der Waals surface area contributed by atoms with Crippen LogP contribution in [-0.2, 0) is 15.9 Å². The second-order valence-electron chi connectivity index (χ2n) is 5.33. The predicted molar refractivity (Wildman–Crippen MR) is 81.7 cm³/mol. The molecule has 0 spiro atoms. The fraction of sp³-hybridized carbons (Fsp3) is 0.333. The predicted octanol–water partition coefficient (Wildman–Crippen LogP) is 3.21. The van der Waals surface area contributed by atoms with Crippen molar-refractivity contribution in [2.45, 2.75) is 12.5 Å². The van der Waals surface area contributed by atoms with Gasteiger partial charge in [-0.1, -0.05) is 24.3 Å². The highest BCUT2D eigenvalue weighted by atomic mass is 19.1. The molecule has 0 aromatic heterocycles. The number of halogens is 1. The quantitative estimate of drug-likeness (QED) is 0.849. The summed E-state index contributed by atoms with van der Waals surface area (Å²) in [7, 11) is 0. The van der Waals surface area contributed by atoms with Crippen LogP contribution in [0.1, 0.15) is 11.1 Å². The molecule has 2 aromatic carbocycles. The van der Waals surface area contributed by atoms with E-state index in [4.69, 9.17) is 14.2 Å². The Morgan fingerprint density at radius 1 is 0.955 bits per heavy atom. The van der Waals surface area contributed by atoms with Crippen molar-refractivity contribution < 1.29 is 18.6 Å². The lowest BCUT2D eigenvalue weighted by molar-refractivity contribution is -0.101. The molecule has 0 amide bonds. The van der Waals surface area contributed by atoms with E-state index in [1.165, 1.54) is 12.1 Å². The van der Waals surface area contributed by atoms with E-state index in [1.54, 1.807) is 12.1 Å². The van der Waals surface area contributed by atoms with Crippen LogP contribution in [0.5, 0.6) is 5.75 Å². The van der Waals surface area contributed by atoms with Gasteiger partial charge in [0.1, 0.15) is 24.3 Å². The van der Waals surface area contributed by atoms with Crippen LogP contribution in [-0.4, -0.2) is 32.5 Å². The molecule has 1 unspecified atom stereocenters. The van der Waals surface area contributed by atoms with E-state index in [1.807, 2.05) is 24.3 Å². The third-order valence-corrected chi connectivity index (χ3v) is 3.57. The first kappa shape index (κ1) is 15.0. The van der Waals surface area contributed by atoms with Crippen LogP contribution < -0.4 is 4.74 Å². The summed E-state index contributed by atoms with van der Waals surface area (Å²) in [4.78, 5) is 0. The Bertz CT molecular complexity index is 574. The zero-order chi connectivity index (χ0) is 15.2. The first-order chi connectivity index (χ1) is 10.8. The van der Waals surface area contributed by atoms with Gasteiger partial charge in [-0.3, -0.25) is 0 Å². The molecule has 0 N–H and O–H groups in total. The lowest BCUT2D eigenvalue weighted by Gasteiger charge is -2.22. The van der Waals surface area contributed by atoms with Gasteiger partial charge in [0.15, 0.2) is 0 Å². The summed E-state index contributed by atoms with van der Waals surface area (Å²) in [5, 5.41) is 0. The highest BCUT2D eigenvalue weighted by Crippen LogP contribution is 2.16. The molecule has 1 saturated heterocycles. The minimum atomic E-state index is -0.207. The largest absolute Gasteiger partial charge is 0.491 e.